The number of carbonyl (C=O) groups excluding carboxylic acids is 1. The van der Waals surface area contributed by atoms with Crippen molar-refractivity contribution in [3.05, 3.63) is 102 Å². The van der Waals surface area contributed by atoms with Gasteiger partial charge in [0.25, 0.3) is 5.91 Å². The molecule has 4 rings (SSSR count). The van der Waals surface area contributed by atoms with E-state index in [4.69, 9.17) is 0 Å². The highest BCUT2D eigenvalue weighted by molar-refractivity contribution is 5.90. The molecule has 1 heterocycles. The third-order valence-electron chi connectivity index (χ3n) is 5.45. The molecule has 0 atom stereocenters. The summed E-state index contributed by atoms with van der Waals surface area (Å²) in [7, 11) is 0. The Morgan fingerprint density at radius 3 is 1.72 bits per heavy atom. The highest BCUT2D eigenvalue weighted by Crippen LogP contribution is 2.32. The molecule has 0 saturated carbocycles. The number of hydrogen-bond donors (Lipinski definition) is 1. The van der Waals surface area contributed by atoms with Crippen LogP contribution in [-0.4, -0.2) is 42.1 Å². The maximum Gasteiger partial charge on any atom is 0.264 e. The predicted molar refractivity (Wildman–Crippen MR) is 111 cm³/mol. The second-order valence-corrected chi connectivity index (χ2v) is 7.20. The highest BCUT2D eigenvalue weighted by atomic mass is 19.1. The van der Waals surface area contributed by atoms with Crippen LogP contribution in [0.4, 0.5) is 10.1 Å². The van der Waals surface area contributed by atoms with E-state index in [1.807, 2.05) is 36.4 Å². The standard InChI is InChI=1S/C24H23FN2O2/c25-21-11-13-22(14-12-21)26-15-17-27(18-16-26)23(28)24(29,19-7-3-1-4-8-19)20-9-5-2-6-10-20/h1-14,29H,15-18H2. The average Bonchev–Trinajstić information content (AvgIpc) is 2.80. The smallest absolute Gasteiger partial charge is 0.264 e. The summed E-state index contributed by atoms with van der Waals surface area (Å²) in [6, 6.07) is 24.5. The van der Waals surface area contributed by atoms with Crippen molar-refractivity contribution < 1.29 is 14.3 Å². The molecule has 0 spiro atoms. The number of anilines is 1. The van der Waals surface area contributed by atoms with E-state index in [0.29, 0.717) is 37.3 Å². The lowest BCUT2D eigenvalue weighted by molar-refractivity contribution is -0.148. The molecule has 1 aliphatic heterocycles. The van der Waals surface area contributed by atoms with Crippen molar-refractivity contribution in [2.75, 3.05) is 31.1 Å². The van der Waals surface area contributed by atoms with Crippen LogP contribution >= 0.6 is 0 Å². The van der Waals surface area contributed by atoms with Gasteiger partial charge < -0.3 is 14.9 Å². The van der Waals surface area contributed by atoms with Crippen molar-refractivity contribution in [2.45, 2.75) is 5.60 Å². The Balaban J connectivity index is 1.57. The molecule has 4 nitrogen and oxygen atoms in total. The van der Waals surface area contributed by atoms with Crippen LogP contribution in [0.3, 0.4) is 0 Å². The zero-order valence-corrected chi connectivity index (χ0v) is 16.0. The Morgan fingerprint density at radius 1 is 0.759 bits per heavy atom. The SMILES string of the molecule is O=C(N1CCN(c2ccc(F)cc2)CC1)C(O)(c1ccccc1)c1ccccc1. The molecule has 1 saturated heterocycles. The molecule has 148 valence electrons. The molecule has 1 fully saturated rings. The van der Waals surface area contributed by atoms with Crippen LogP contribution in [0.5, 0.6) is 0 Å². The van der Waals surface area contributed by atoms with Crippen LogP contribution in [0.25, 0.3) is 0 Å². The molecule has 3 aromatic rings. The van der Waals surface area contributed by atoms with Gasteiger partial charge in [0.05, 0.1) is 0 Å². The number of nitrogens with zero attached hydrogens (tertiary/aromatic N) is 2. The second-order valence-electron chi connectivity index (χ2n) is 7.20. The molecule has 0 aliphatic carbocycles. The van der Waals surface area contributed by atoms with Crippen molar-refractivity contribution >= 4 is 11.6 Å². The van der Waals surface area contributed by atoms with Crippen LogP contribution in [0.1, 0.15) is 11.1 Å². The third-order valence-corrected chi connectivity index (χ3v) is 5.45. The Hall–Kier alpha value is -3.18. The van der Waals surface area contributed by atoms with Gasteiger partial charge in [0, 0.05) is 31.9 Å². The van der Waals surface area contributed by atoms with E-state index < -0.39 is 5.60 Å². The van der Waals surface area contributed by atoms with E-state index in [1.165, 1.54) is 12.1 Å². The summed E-state index contributed by atoms with van der Waals surface area (Å²) in [4.78, 5) is 17.3. The van der Waals surface area contributed by atoms with Crippen molar-refractivity contribution in [3.63, 3.8) is 0 Å². The second kappa shape index (κ2) is 8.05. The lowest BCUT2D eigenvalue weighted by Crippen LogP contribution is -2.55. The van der Waals surface area contributed by atoms with Crippen molar-refractivity contribution in [1.29, 1.82) is 0 Å². The Morgan fingerprint density at radius 2 is 1.24 bits per heavy atom. The zero-order chi connectivity index (χ0) is 20.3. The van der Waals surface area contributed by atoms with Gasteiger partial charge in [0.1, 0.15) is 5.82 Å². The first kappa shape index (κ1) is 19.2. The highest BCUT2D eigenvalue weighted by Gasteiger charge is 2.43. The van der Waals surface area contributed by atoms with E-state index in [9.17, 15) is 14.3 Å². The summed E-state index contributed by atoms with van der Waals surface area (Å²) in [6.07, 6.45) is 0. The van der Waals surface area contributed by atoms with Crippen molar-refractivity contribution in [2.24, 2.45) is 0 Å². The summed E-state index contributed by atoms with van der Waals surface area (Å²) in [5.74, 6) is -0.591. The molecule has 0 aromatic heterocycles. The molecule has 1 N–H and O–H groups in total. The van der Waals surface area contributed by atoms with Crippen LogP contribution in [0, 0.1) is 5.82 Å². The molecule has 0 bridgehead atoms. The molecular formula is C24H23FN2O2. The maximum atomic E-state index is 13.5. The van der Waals surface area contributed by atoms with Gasteiger partial charge in [-0.05, 0) is 35.4 Å². The van der Waals surface area contributed by atoms with Crippen LogP contribution in [-0.2, 0) is 10.4 Å². The summed E-state index contributed by atoms with van der Waals surface area (Å²) in [6.45, 7) is 2.21. The van der Waals surface area contributed by atoms with Gasteiger partial charge in [0.15, 0.2) is 5.60 Å². The molecule has 0 unspecified atom stereocenters. The number of piperazine rings is 1. The molecule has 1 aliphatic rings. The van der Waals surface area contributed by atoms with Gasteiger partial charge in [-0.15, -0.1) is 0 Å². The Kier molecular flexibility index (Phi) is 5.32. The van der Waals surface area contributed by atoms with Crippen LogP contribution < -0.4 is 4.90 Å². The van der Waals surface area contributed by atoms with Crippen molar-refractivity contribution in [1.82, 2.24) is 4.90 Å². The normalized spacial score (nSPS) is 14.7. The molecule has 5 heteroatoms. The van der Waals surface area contributed by atoms with E-state index in [-0.39, 0.29) is 11.7 Å². The number of halogens is 1. The first-order valence-corrected chi connectivity index (χ1v) is 9.72. The summed E-state index contributed by atoms with van der Waals surface area (Å²) in [5.41, 5.74) is 0.301. The maximum absolute atomic E-state index is 13.5. The van der Waals surface area contributed by atoms with E-state index >= 15 is 0 Å². The van der Waals surface area contributed by atoms with Crippen LogP contribution in [0.2, 0.25) is 0 Å². The number of rotatable bonds is 4. The Labute approximate surface area is 169 Å². The largest absolute Gasteiger partial charge is 0.372 e. The first-order chi connectivity index (χ1) is 14.1. The topological polar surface area (TPSA) is 43.8 Å². The monoisotopic (exact) mass is 390 g/mol. The molecule has 29 heavy (non-hydrogen) atoms. The fraction of sp³-hybridized carbons (Fsp3) is 0.208. The lowest BCUT2D eigenvalue weighted by Gasteiger charge is -2.40. The minimum atomic E-state index is -1.74. The van der Waals surface area contributed by atoms with E-state index in [2.05, 4.69) is 4.90 Å². The number of hydrogen-bond acceptors (Lipinski definition) is 3. The van der Waals surface area contributed by atoms with Crippen LogP contribution in [0.15, 0.2) is 84.9 Å². The fourth-order valence-electron chi connectivity index (χ4n) is 3.82. The fourth-order valence-corrected chi connectivity index (χ4v) is 3.82. The number of benzene rings is 3. The number of amides is 1. The zero-order valence-electron chi connectivity index (χ0n) is 16.0. The summed E-state index contributed by atoms with van der Waals surface area (Å²) < 4.78 is 13.2. The number of aliphatic hydroxyl groups is 1. The number of carbonyl (C=O) groups is 1. The van der Waals surface area contributed by atoms with E-state index in [1.54, 1.807) is 41.3 Å². The van der Waals surface area contributed by atoms with Gasteiger partial charge in [-0.25, -0.2) is 4.39 Å². The molecular weight excluding hydrogens is 367 g/mol. The van der Waals surface area contributed by atoms with Gasteiger partial charge in [0.2, 0.25) is 0 Å². The lowest BCUT2D eigenvalue weighted by atomic mass is 9.85. The van der Waals surface area contributed by atoms with Gasteiger partial charge in [-0.3, -0.25) is 4.79 Å². The van der Waals surface area contributed by atoms with Gasteiger partial charge in [-0.2, -0.15) is 0 Å². The minimum Gasteiger partial charge on any atom is -0.372 e. The molecule has 3 aromatic carbocycles. The van der Waals surface area contributed by atoms with Gasteiger partial charge in [-0.1, -0.05) is 60.7 Å². The Bertz CT molecular complexity index is 914. The van der Waals surface area contributed by atoms with Crippen molar-refractivity contribution in [3.8, 4) is 0 Å². The average molecular weight is 390 g/mol. The first-order valence-electron chi connectivity index (χ1n) is 9.72. The summed E-state index contributed by atoms with van der Waals surface area (Å²) >= 11 is 0. The summed E-state index contributed by atoms with van der Waals surface area (Å²) in [5, 5.41) is 11.6. The third kappa shape index (κ3) is 3.74. The van der Waals surface area contributed by atoms with Gasteiger partial charge >= 0.3 is 0 Å². The predicted octanol–water partition coefficient (Wildman–Crippen LogP) is 3.41. The molecule has 0 radical (unpaired) electrons. The molecule has 1 amide bonds. The minimum absolute atomic E-state index is 0.265. The van der Waals surface area contributed by atoms with E-state index in [0.717, 1.165) is 5.69 Å². The quantitative estimate of drug-likeness (QED) is 0.743.